The molecule has 1 heterocycles. The van der Waals surface area contributed by atoms with Gasteiger partial charge in [0.25, 0.3) is 0 Å². The zero-order chi connectivity index (χ0) is 10.5. The van der Waals surface area contributed by atoms with Crippen molar-refractivity contribution in [2.75, 3.05) is 13.1 Å². The van der Waals surface area contributed by atoms with Crippen molar-refractivity contribution in [2.24, 2.45) is 0 Å². The Morgan fingerprint density at radius 2 is 2.33 bits per heavy atom. The predicted molar refractivity (Wildman–Crippen MR) is 59.4 cm³/mol. The van der Waals surface area contributed by atoms with E-state index in [1.165, 1.54) is 22.3 Å². The lowest BCUT2D eigenvalue weighted by Gasteiger charge is -2.23. The first kappa shape index (κ1) is 9.34. The summed E-state index contributed by atoms with van der Waals surface area (Å²) < 4.78 is 13.9. The van der Waals surface area contributed by atoms with Gasteiger partial charge in [-0.05, 0) is 49.1 Å². The van der Waals surface area contributed by atoms with Gasteiger partial charge < -0.3 is 5.32 Å². The Hall–Kier alpha value is -0.890. The van der Waals surface area contributed by atoms with Crippen LogP contribution in [0.5, 0.6) is 0 Å². The van der Waals surface area contributed by atoms with Crippen LogP contribution in [-0.4, -0.2) is 18.8 Å². The van der Waals surface area contributed by atoms with Crippen molar-refractivity contribution in [1.29, 1.82) is 0 Å². The van der Waals surface area contributed by atoms with E-state index >= 15 is 0 Å². The molecule has 15 heavy (non-hydrogen) atoms. The van der Waals surface area contributed by atoms with Gasteiger partial charge in [-0.25, -0.2) is 4.39 Å². The summed E-state index contributed by atoms with van der Waals surface area (Å²) in [5.41, 5.74) is 4.31. The number of fused-ring (bicyclic) bond motifs is 2. The highest BCUT2D eigenvalue weighted by Crippen LogP contribution is 2.43. The molecule has 3 rings (SSSR count). The first-order valence-corrected chi connectivity index (χ1v) is 5.69. The molecular weight excluding hydrogens is 189 g/mol. The van der Waals surface area contributed by atoms with Crippen molar-refractivity contribution in [2.45, 2.75) is 31.9 Å². The highest BCUT2D eigenvalue weighted by molar-refractivity contribution is 5.60. The molecule has 1 unspecified atom stereocenters. The average Bonchev–Trinajstić information content (AvgIpc) is 2.55. The molecule has 1 aliphatic heterocycles. The maximum atomic E-state index is 13.9. The summed E-state index contributed by atoms with van der Waals surface area (Å²) in [4.78, 5) is 0. The second-order valence-electron chi connectivity index (χ2n) is 4.96. The van der Waals surface area contributed by atoms with Gasteiger partial charge in [-0.3, -0.25) is 0 Å². The number of halogens is 1. The molecule has 1 atom stereocenters. The molecule has 0 amide bonds. The number of alkyl halides is 1. The summed E-state index contributed by atoms with van der Waals surface area (Å²) in [6, 6.07) is 0. The van der Waals surface area contributed by atoms with Gasteiger partial charge >= 0.3 is 0 Å². The third-order valence-corrected chi connectivity index (χ3v) is 3.60. The lowest BCUT2D eigenvalue weighted by molar-refractivity contribution is 0.257. The van der Waals surface area contributed by atoms with Gasteiger partial charge in [0.05, 0.1) is 0 Å². The fourth-order valence-corrected chi connectivity index (χ4v) is 2.77. The van der Waals surface area contributed by atoms with Crippen LogP contribution in [-0.2, 0) is 0 Å². The Balaban J connectivity index is 2.04. The minimum atomic E-state index is -1.14. The molecule has 80 valence electrons. The molecule has 0 saturated heterocycles. The molecule has 0 saturated carbocycles. The van der Waals surface area contributed by atoms with E-state index in [-0.39, 0.29) is 0 Å². The number of allylic oxidation sites excluding steroid dienone is 3. The van der Waals surface area contributed by atoms with Gasteiger partial charge in [0.1, 0.15) is 5.67 Å². The van der Waals surface area contributed by atoms with Crippen LogP contribution in [0, 0.1) is 0 Å². The number of rotatable bonds is 0. The van der Waals surface area contributed by atoms with Crippen molar-refractivity contribution in [3.63, 3.8) is 0 Å². The summed E-state index contributed by atoms with van der Waals surface area (Å²) in [6.07, 6.45) is 6.66. The fraction of sp³-hybridized carbons (Fsp3) is 0.538. The van der Waals surface area contributed by atoms with Crippen molar-refractivity contribution in [3.8, 4) is 0 Å². The Kier molecular flexibility index (Phi) is 1.90. The number of hydrogen-bond acceptors (Lipinski definition) is 1. The molecule has 1 nitrogen and oxygen atoms in total. The fourth-order valence-electron chi connectivity index (χ4n) is 2.77. The minimum absolute atomic E-state index is 0.541. The zero-order valence-corrected chi connectivity index (χ0v) is 9.07. The van der Waals surface area contributed by atoms with Crippen LogP contribution < -0.4 is 5.32 Å². The molecule has 0 aromatic rings. The normalized spacial score (nSPS) is 34.5. The third-order valence-electron chi connectivity index (χ3n) is 3.60. The van der Waals surface area contributed by atoms with E-state index in [1.807, 2.05) is 6.08 Å². The molecule has 0 radical (unpaired) electrons. The molecule has 0 spiro atoms. The monoisotopic (exact) mass is 205 g/mol. The SMILES string of the molecule is CC1(F)C=C2C(=CC1)CC1=C2CNCC1. The van der Waals surface area contributed by atoms with Gasteiger partial charge in [-0.1, -0.05) is 11.6 Å². The lowest BCUT2D eigenvalue weighted by atomic mass is 9.88. The van der Waals surface area contributed by atoms with Gasteiger partial charge in [0.2, 0.25) is 0 Å². The predicted octanol–water partition coefficient (Wildman–Crippen LogP) is 2.66. The van der Waals surface area contributed by atoms with E-state index in [4.69, 9.17) is 0 Å². The summed E-state index contributed by atoms with van der Waals surface area (Å²) in [7, 11) is 0. The maximum absolute atomic E-state index is 13.9. The molecular formula is C13H16FN. The maximum Gasteiger partial charge on any atom is 0.130 e. The number of hydrogen-bond donors (Lipinski definition) is 1. The van der Waals surface area contributed by atoms with Gasteiger partial charge in [0.15, 0.2) is 0 Å². The minimum Gasteiger partial charge on any atom is -0.312 e. The van der Waals surface area contributed by atoms with Crippen molar-refractivity contribution in [1.82, 2.24) is 5.32 Å². The van der Waals surface area contributed by atoms with E-state index in [9.17, 15) is 4.39 Å². The third kappa shape index (κ3) is 1.48. The van der Waals surface area contributed by atoms with Gasteiger partial charge in [-0.2, -0.15) is 0 Å². The van der Waals surface area contributed by atoms with Crippen molar-refractivity contribution >= 4 is 0 Å². The highest BCUT2D eigenvalue weighted by atomic mass is 19.1. The van der Waals surface area contributed by atoms with E-state index in [2.05, 4.69) is 11.4 Å². The van der Waals surface area contributed by atoms with Gasteiger partial charge in [-0.15, -0.1) is 0 Å². The van der Waals surface area contributed by atoms with E-state index in [1.54, 1.807) is 6.92 Å². The highest BCUT2D eigenvalue weighted by Gasteiger charge is 2.32. The Morgan fingerprint density at radius 1 is 1.47 bits per heavy atom. The van der Waals surface area contributed by atoms with E-state index < -0.39 is 5.67 Å². The smallest absolute Gasteiger partial charge is 0.130 e. The van der Waals surface area contributed by atoms with E-state index in [0.717, 1.165) is 25.9 Å². The molecule has 0 aromatic carbocycles. The lowest BCUT2D eigenvalue weighted by Crippen LogP contribution is -2.25. The van der Waals surface area contributed by atoms with Crippen LogP contribution >= 0.6 is 0 Å². The van der Waals surface area contributed by atoms with Crippen LogP contribution in [0.25, 0.3) is 0 Å². The largest absolute Gasteiger partial charge is 0.312 e. The topological polar surface area (TPSA) is 12.0 Å². The van der Waals surface area contributed by atoms with Crippen molar-refractivity contribution in [3.05, 3.63) is 34.4 Å². The quantitative estimate of drug-likeness (QED) is 0.641. The van der Waals surface area contributed by atoms with Gasteiger partial charge in [0, 0.05) is 13.0 Å². The second-order valence-corrected chi connectivity index (χ2v) is 4.96. The van der Waals surface area contributed by atoms with Crippen molar-refractivity contribution < 1.29 is 4.39 Å². The Labute approximate surface area is 89.7 Å². The average molecular weight is 205 g/mol. The first-order chi connectivity index (χ1) is 7.16. The van der Waals surface area contributed by atoms with Crippen LogP contribution in [0.2, 0.25) is 0 Å². The molecule has 3 aliphatic rings. The molecule has 0 fully saturated rings. The zero-order valence-electron chi connectivity index (χ0n) is 9.07. The molecule has 0 aromatic heterocycles. The summed E-state index contributed by atoms with van der Waals surface area (Å²) in [6.45, 7) is 3.67. The first-order valence-electron chi connectivity index (χ1n) is 5.69. The summed E-state index contributed by atoms with van der Waals surface area (Å²) in [5, 5.41) is 3.37. The van der Waals surface area contributed by atoms with Crippen LogP contribution in [0.15, 0.2) is 34.4 Å². The molecule has 2 aliphatic carbocycles. The Morgan fingerprint density at radius 3 is 3.20 bits per heavy atom. The Bertz CT molecular complexity index is 399. The molecule has 0 bridgehead atoms. The standard InChI is InChI=1S/C13H16FN/c1-13(14)4-2-9-6-10-3-5-15-8-12(10)11(9)7-13/h2,7,15H,3-6,8H2,1H3. The van der Waals surface area contributed by atoms with Crippen LogP contribution in [0.1, 0.15) is 26.2 Å². The van der Waals surface area contributed by atoms with E-state index in [0.29, 0.717) is 6.42 Å². The molecule has 2 heteroatoms. The van der Waals surface area contributed by atoms with Crippen LogP contribution in [0.4, 0.5) is 4.39 Å². The summed E-state index contributed by atoms with van der Waals surface area (Å²) >= 11 is 0. The summed E-state index contributed by atoms with van der Waals surface area (Å²) in [5.74, 6) is 0. The van der Waals surface area contributed by atoms with Crippen LogP contribution in [0.3, 0.4) is 0 Å². The molecule has 1 N–H and O–H groups in total. The number of nitrogens with one attached hydrogen (secondary N) is 1. The second kappa shape index (κ2) is 3.05.